The Labute approximate surface area is 131 Å². The summed E-state index contributed by atoms with van der Waals surface area (Å²) in [5, 5.41) is 3.79. The lowest BCUT2D eigenvalue weighted by molar-refractivity contribution is 0.0621. The molecular formula is C18H36N2O. The first-order chi connectivity index (χ1) is 9.96. The summed E-state index contributed by atoms with van der Waals surface area (Å²) >= 11 is 0. The third-order valence-electron chi connectivity index (χ3n) is 5.40. The number of piperazine rings is 1. The van der Waals surface area contributed by atoms with Gasteiger partial charge in [-0.05, 0) is 42.9 Å². The second-order valence-electron chi connectivity index (χ2n) is 8.22. The molecule has 1 saturated carbocycles. The fourth-order valence-corrected chi connectivity index (χ4v) is 3.88. The molecule has 124 valence electrons. The molecule has 0 aromatic carbocycles. The lowest BCUT2D eigenvalue weighted by atomic mass is 9.92. The van der Waals surface area contributed by atoms with Gasteiger partial charge in [0.1, 0.15) is 0 Å². The van der Waals surface area contributed by atoms with Crippen molar-refractivity contribution in [1.29, 1.82) is 0 Å². The molecule has 1 aliphatic heterocycles. The Morgan fingerprint density at radius 3 is 2.48 bits per heavy atom. The molecule has 0 bridgehead atoms. The van der Waals surface area contributed by atoms with Gasteiger partial charge in [0, 0.05) is 45.4 Å². The van der Waals surface area contributed by atoms with E-state index in [9.17, 15) is 0 Å². The molecule has 0 aromatic rings. The lowest BCUT2D eigenvalue weighted by Crippen LogP contribution is -2.59. The summed E-state index contributed by atoms with van der Waals surface area (Å²) in [4.78, 5) is 2.80. The van der Waals surface area contributed by atoms with Gasteiger partial charge in [-0.25, -0.2) is 0 Å². The fourth-order valence-electron chi connectivity index (χ4n) is 3.88. The molecule has 0 radical (unpaired) electrons. The normalized spacial score (nSPS) is 29.3. The minimum atomic E-state index is 0.572. The third kappa shape index (κ3) is 4.94. The first kappa shape index (κ1) is 17.2. The molecule has 3 nitrogen and oxygen atoms in total. The zero-order chi connectivity index (χ0) is 15.5. The van der Waals surface area contributed by atoms with E-state index >= 15 is 0 Å². The number of hydrogen-bond donors (Lipinski definition) is 1. The van der Waals surface area contributed by atoms with Crippen LogP contribution in [-0.2, 0) is 4.74 Å². The van der Waals surface area contributed by atoms with Crippen LogP contribution in [0.2, 0.25) is 0 Å². The van der Waals surface area contributed by atoms with E-state index in [0.717, 1.165) is 25.0 Å². The van der Waals surface area contributed by atoms with Crippen molar-refractivity contribution in [2.24, 2.45) is 17.3 Å². The molecular weight excluding hydrogens is 260 g/mol. The van der Waals surface area contributed by atoms with Crippen molar-refractivity contribution in [3.05, 3.63) is 0 Å². The highest BCUT2D eigenvalue weighted by Gasteiger charge is 2.45. The van der Waals surface area contributed by atoms with Crippen molar-refractivity contribution in [2.45, 2.75) is 65.5 Å². The Hall–Kier alpha value is -0.120. The maximum absolute atomic E-state index is 5.32. The van der Waals surface area contributed by atoms with E-state index in [4.69, 9.17) is 4.74 Å². The Morgan fingerprint density at radius 1 is 1.24 bits per heavy atom. The average Bonchev–Trinajstić information content (AvgIpc) is 3.15. The van der Waals surface area contributed by atoms with Crippen molar-refractivity contribution >= 4 is 0 Å². The summed E-state index contributed by atoms with van der Waals surface area (Å²) in [5.41, 5.74) is 0.572. The first-order valence-corrected chi connectivity index (χ1v) is 8.92. The highest BCUT2D eigenvalue weighted by molar-refractivity contribution is 4.99. The van der Waals surface area contributed by atoms with Gasteiger partial charge < -0.3 is 10.1 Å². The molecule has 0 aromatic heterocycles. The van der Waals surface area contributed by atoms with E-state index in [1.54, 1.807) is 0 Å². The van der Waals surface area contributed by atoms with E-state index < -0.39 is 0 Å². The van der Waals surface area contributed by atoms with Crippen LogP contribution in [0.25, 0.3) is 0 Å². The number of methoxy groups -OCH3 is 1. The minimum Gasteiger partial charge on any atom is -0.385 e. The summed E-state index contributed by atoms with van der Waals surface area (Å²) in [6.07, 6.45) is 5.35. The van der Waals surface area contributed by atoms with Crippen LogP contribution in [-0.4, -0.2) is 50.3 Å². The highest BCUT2D eigenvalue weighted by atomic mass is 16.5. The van der Waals surface area contributed by atoms with Crippen molar-refractivity contribution in [1.82, 2.24) is 10.2 Å². The monoisotopic (exact) mass is 296 g/mol. The number of ether oxygens (including phenoxy) is 1. The van der Waals surface area contributed by atoms with E-state index in [-0.39, 0.29) is 0 Å². The van der Waals surface area contributed by atoms with Crippen LogP contribution < -0.4 is 5.32 Å². The average molecular weight is 296 g/mol. The molecule has 0 spiro atoms. The van der Waals surface area contributed by atoms with Crippen LogP contribution in [0.5, 0.6) is 0 Å². The van der Waals surface area contributed by atoms with Crippen LogP contribution in [0.15, 0.2) is 0 Å². The quantitative estimate of drug-likeness (QED) is 0.745. The van der Waals surface area contributed by atoms with Gasteiger partial charge in [0.25, 0.3) is 0 Å². The molecule has 1 heterocycles. The molecule has 1 aliphatic carbocycles. The van der Waals surface area contributed by atoms with Gasteiger partial charge in [0.05, 0.1) is 0 Å². The lowest BCUT2D eigenvalue weighted by Gasteiger charge is -2.44. The molecule has 2 unspecified atom stereocenters. The van der Waals surface area contributed by atoms with E-state index in [2.05, 4.69) is 37.9 Å². The Morgan fingerprint density at radius 2 is 1.95 bits per heavy atom. The molecule has 1 N–H and O–H groups in total. The van der Waals surface area contributed by atoms with Crippen molar-refractivity contribution in [3.63, 3.8) is 0 Å². The molecule has 1 saturated heterocycles. The Kier molecular flexibility index (Phi) is 6.10. The van der Waals surface area contributed by atoms with Crippen LogP contribution in [0, 0.1) is 17.3 Å². The minimum absolute atomic E-state index is 0.572. The van der Waals surface area contributed by atoms with Gasteiger partial charge >= 0.3 is 0 Å². The fraction of sp³-hybridized carbons (Fsp3) is 1.00. The maximum Gasteiger partial charge on any atom is 0.0468 e. The zero-order valence-corrected chi connectivity index (χ0v) is 14.8. The second-order valence-corrected chi connectivity index (χ2v) is 8.22. The van der Waals surface area contributed by atoms with Crippen molar-refractivity contribution in [2.75, 3.05) is 33.4 Å². The number of rotatable bonds is 8. The summed E-state index contributed by atoms with van der Waals surface area (Å²) < 4.78 is 5.32. The molecule has 2 fully saturated rings. The summed E-state index contributed by atoms with van der Waals surface area (Å²) in [5.74, 6) is 1.51. The van der Waals surface area contributed by atoms with Crippen LogP contribution in [0.4, 0.5) is 0 Å². The summed E-state index contributed by atoms with van der Waals surface area (Å²) in [6.45, 7) is 14.0. The van der Waals surface area contributed by atoms with Crippen molar-refractivity contribution < 1.29 is 4.74 Å². The van der Waals surface area contributed by atoms with Gasteiger partial charge in [-0.2, -0.15) is 0 Å². The highest BCUT2D eigenvalue weighted by Crippen LogP contribution is 2.50. The smallest absolute Gasteiger partial charge is 0.0468 e. The van der Waals surface area contributed by atoms with E-state index in [1.807, 2.05) is 7.11 Å². The Balaban J connectivity index is 1.94. The Bertz CT molecular complexity index is 312. The van der Waals surface area contributed by atoms with Crippen LogP contribution in [0.3, 0.4) is 0 Å². The first-order valence-electron chi connectivity index (χ1n) is 8.92. The van der Waals surface area contributed by atoms with Gasteiger partial charge in [-0.1, -0.05) is 27.7 Å². The molecule has 2 atom stereocenters. The molecule has 21 heavy (non-hydrogen) atoms. The third-order valence-corrected chi connectivity index (χ3v) is 5.40. The standard InChI is InChI=1S/C18H36N2O/c1-14(2)10-16-12-20(17(11-19-16)15(3)4)13-18(6-7-18)8-9-21-5/h14-17,19H,6-13H2,1-5H3. The topological polar surface area (TPSA) is 24.5 Å². The van der Waals surface area contributed by atoms with E-state index in [1.165, 1.54) is 38.8 Å². The van der Waals surface area contributed by atoms with Gasteiger partial charge in [0.15, 0.2) is 0 Å². The largest absolute Gasteiger partial charge is 0.385 e. The van der Waals surface area contributed by atoms with E-state index in [0.29, 0.717) is 17.5 Å². The molecule has 2 aliphatic rings. The van der Waals surface area contributed by atoms with Gasteiger partial charge in [0.2, 0.25) is 0 Å². The SMILES string of the molecule is COCCC1(CN2CC(CC(C)C)NCC2C(C)C)CC1. The van der Waals surface area contributed by atoms with Gasteiger partial charge in [-0.3, -0.25) is 4.90 Å². The van der Waals surface area contributed by atoms with Crippen molar-refractivity contribution in [3.8, 4) is 0 Å². The van der Waals surface area contributed by atoms with Crippen LogP contribution in [0.1, 0.15) is 53.4 Å². The number of nitrogens with zero attached hydrogens (tertiary/aromatic N) is 1. The molecule has 0 amide bonds. The summed E-state index contributed by atoms with van der Waals surface area (Å²) in [6, 6.07) is 1.38. The summed E-state index contributed by atoms with van der Waals surface area (Å²) in [7, 11) is 1.83. The molecule has 3 heteroatoms. The maximum atomic E-state index is 5.32. The predicted octanol–water partition coefficient (Wildman–Crippen LogP) is 3.15. The van der Waals surface area contributed by atoms with Gasteiger partial charge in [-0.15, -0.1) is 0 Å². The molecule has 2 rings (SSSR count). The predicted molar refractivity (Wildman–Crippen MR) is 89.6 cm³/mol. The van der Waals surface area contributed by atoms with Crippen LogP contribution >= 0.6 is 0 Å². The number of nitrogens with one attached hydrogen (secondary N) is 1. The second kappa shape index (κ2) is 7.43. The number of hydrogen-bond acceptors (Lipinski definition) is 3. The zero-order valence-electron chi connectivity index (χ0n) is 14.8.